The number of ether oxygens (including phenoxy) is 2. The van der Waals surface area contributed by atoms with Crippen LogP contribution in [-0.4, -0.2) is 59.9 Å². The van der Waals surface area contributed by atoms with E-state index in [1.165, 1.54) is 0 Å². The van der Waals surface area contributed by atoms with Crippen LogP contribution < -0.4 is 9.64 Å². The zero-order chi connectivity index (χ0) is 24.5. The van der Waals surface area contributed by atoms with Crippen LogP contribution in [0, 0.1) is 6.92 Å². The number of methoxy groups -OCH3 is 1. The first-order valence-corrected chi connectivity index (χ1v) is 11.5. The van der Waals surface area contributed by atoms with Crippen molar-refractivity contribution >= 4 is 28.8 Å². The van der Waals surface area contributed by atoms with Gasteiger partial charge in [-0.15, -0.1) is 0 Å². The summed E-state index contributed by atoms with van der Waals surface area (Å²) < 4.78 is 11.3. The summed E-state index contributed by atoms with van der Waals surface area (Å²) in [5.74, 6) is 1.49. The van der Waals surface area contributed by atoms with Crippen LogP contribution in [0.3, 0.4) is 0 Å². The number of hydrogen-bond donors (Lipinski definition) is 0. The minimum Gasteiger partial charge on any atom is -0.495 e. The number of piperazine rings is 1. The fraction of sp³-hybridized carbons (Fsp3) is 0.370. The van der Waals surface area contributed by atoms with E-state index >= 15 is 0 Å². The van der Waals surface area contributed by atoms with Gasteiger partial charge >= 0.3 is 6.09 Å². The highest BCUT2D eigenvalue weighted by atomic mass is 16.6. The lowest BCUT2D eigenvalue weighted by molar-refractivity contribution is 0.0240. The van der Waals surface area contributed by atoms with Crippen LogP contribution in [0.4, 0.5) is 10.5 Å². The van der Waals surface area contributed by atoms with Gasteiger partial charge in [-0.1, -0.05) is 24.8 Å². The highest BCUT2D eigenvalue weighted by Crippen LogP contribution is 2.36. The molecule has 0 spiro atoms. The molecule has 0 N–H and O–H groups in total. The Kier molecular flexibility index (Phi) is 6.46. The molecular formula is C27H32N4O3. The van der Waals surface area contributed by atoms with Crippen molar-refractivity contribution in [3.8, 4) is 17.0 Å². The van der Waals surface area contributed by atoms with Crippen molar-refractivity contribution in [3.05, 3.63) is 54.4 Å². The van der Waals surface area contributed by atoms with Crippen molar-refractivity contribution in [2.75, 3.05) is 38.2 Å². The van der Waals surface area contributed by atoms with Crippen LogP contribution in [-0.2, 0) is 4.74 Å². The van der Waals surface area contributed by atoms with Crippen molar-refractivity contribution in [1.29, 1.82) is 0 Å². The standard InChI is InChI=1S/C27H32N4O3/c1-7-19-8-10-22-21(16-19)25(29-18(2)28-22)20-9-11-23(24(17-20)33-6)30-12-14-31(15-13-30)26(32)34-27(3,4)5/h7-11,16-17H,1,12-15H2,2-6H3. The number of amides is 1. The zero-order valence-electron chi connectivity index (χ0n) is 20.6. The Bertz CT molecular complexity index is 1220. The minimum atomic E-state index is -0.497. The Hall–Kier alpha value is -3.61. The Morgan fingerprint density at radius 3 is 2.44 bits per heavy atom. The molecule has 7 nitrogen and oxygen atoms in total. The molecule has 1 aliphatic heterocycles. The van der Waals surface area contributed by atoms with E-state index in [0.717, 1.165) is 45.0 Å². The average Bonchev–Trinajstić information content (AvgIpc) is 2.82. The summed E-state index contributed by atoms with van der Waals surface area (Å²) in [6, 6.07) is 12.2. The maximum Gasteiger partial charge on any atom is 0.410 e. The van der Waals surface area contributed by atoms with Gasteiger partial charge in [0.1, 0.15) is 17.2 Å². The number of hydrogen-bond acceptors (Lipinski definition) is 6. The molecule has 0 bridgehead atoms. The molecule has 1 fully saturated rings. The van der Waals surface area contributed by atoms with Crippen LogP contribution in [0.15, 0.2) is 43.0 Å². The van der Waals surface area contributed by atoms with Crippen LogP contribution >= 0.6 is 0 Å². The highest BCUT2D eigenvalue weighted by molar-refractivity contribution is 5.94. The van der Waals surface area contributed by atoms with Crippen LogP contribution in [0.25, 0.3) is 28.2 Å². The van der Waals surface area contributed by atoms with E-state index in [0.29, 0.717) is 26.2 Å². The molecule has 1 aliphatic rings. The van der Waals surface area contributed by atoms with Gasteiger partial charge in [0.15, 0.2) is 0 Å². The lowest BCUT2D eigenvalue weighted by Gasteiger charge is -2.37. The van der Waals surface area contributed by atoms with Crippen molar-refractivity contribution in [3.63, 3.8) is 0 Å². The Balaban J connectivity index is 1.60. The second-order valence-electron chi connectivity index (χ2n) is 9.44. The summed E-state index contributed by atoms with van der Waals surface area (Å²) in [5.41, 5.74) is 4.25. The number of fused-ring (bicyclic) bond motifs is 1. The van der Waals surface area contributed by atoms with E-state index < -0.39 is 5.60 Å². The van der Waals surface area contributed by atoms with E-state index in [1.807, 2.05) is 52.0 Å². The second kappa shape index (κ2) is 9.33. The molecule has 3 aromatic rings. The van der Waals surface area contributed by atoms with Gasteiger partial charge in [-0.25, -0.2) is 14.8 Å². The summed E-state index contributed by atoms with van der Waals surface area (Å²) in [5, 5.41) is 0.976. The monoisotopic (exact) mass is 460 g/mol. The fourth-order valence-electron chi connectivity index (χ4n) is 4.15. The molecule has 1 saturated heterocycles. The summed E-state index contributed by atoms with van der Waals surface area (Å²) in [7, 11) is 1.68. The third kappa shape index (κ3) is 4.98. The molecule has 0 saturated carbocycles. The first-order chi connectivity index (χ1) is 16.2. The summed E-state index contributed by atoms with van der Waals surface area (Å²) >= 11 is 0. The van der Waals surface area contributed by atoms with Crippen molar-refractivity contribution < 1.29 is 14.3 Å². The van der Waals surface area contributed by atoms with Gasteiger partial charge in [0.25, 0.3) is 0 Å². The minimum absolute atomic E-state index is 0.264. The average molecular weight is 461 g/mol. The van der Waals surface area contributed by atoms with Crippen LogP contribution in [0.1, 0.15) is 32.2 Å². The Morgan fingerprint density at radius 1 is 1.06 bits per heavy atom. The number of anilines is 1. The lowest BCUT2D eigenvalue weighted by Crippen LogP contribution is -2.50. The predicted octanol–water partition coefficient (Wildman–Crippen LogP) is 5.31. The van der Waals surface area contributed by atoms with E-state index in [2.05, 4.69) is 34.7 Å². The largest absolute Gasteiger partial charge is 0.495 e. The number of carbonyl (C=O) groups is 1. The first kappa shape index (κ1) is 23.5. The van der Waals surface area contributed by atoms with E-state index in [-0.39, 0.29) is 6.09 Å². The van der Waals surface area contributed by atoms with Crippen molar-refractivity contribution in [1.82, 2.24) is 14.9 Å². The highest BCUT2D eigenvalue weighted by Gasteiger charge is 2.27. The maximum absolute atomic E-state index is 12.4. The van der Waals surface area contributed by atoms with E-state index in [4.69, 9.17) is 14.5 Å². The molecule has 2 aromatic carbocycles. The SMILES string of the molecule is C=Cc1ccc2nc(C)nc(-c3ccc(N4CCN(C(=O)OC(C)(C)C)CC4)c(OC)c3)c2c1. The zero-order valence-corrected chi connectivity index (χ0v) is 20.6. The van der Waals surface area contributed by atoms with Crippen molar-refractivity contribution in [2.45, 2.75) is 33.3 Å². The molecule has 2 heterocycles. The van der Waals surface area contributed by atoms with Gasteiger partial charge in [0.05, 0.1) is 24.0 Å². The molecule has 1 aromatic heterocycles. The quantitative estimate of drug-likeness (QED) is 0.525. The molecule has 0 radical (unpaired) electrons. The number of rotatable bonds is 4. The number of benzene rings is 2. The molecule has 178 valence electrons. The summed E-state index contributed by atoms with van der Waals surface area (Å²) in [6.45, 7) is 14.0. The van der Waals surface area contributed by atoms with Gasteiger partial charge in [0.2, 0.25) is 0 Å². The Labute approximate surface area is 201 Å². The molecule has 4 rings (SSSR count). The number of nitrogens with zero attached hydrogens (tertiary/aromatic N) is 4. The number of aryl methyl sites for hydroxylation is 1. The number of aromatic nitrogens is 2. The lowest BCUT2D eigenvalue weighted by atomic mass is 10.0. The predicted molar refractivity (Wildman–Crippen MR) is 136 cm³/mol. The van der Waals surface area contributed by atoms with Crippen molar-refractivity contribution in [2.24, 2.45) is 0 Å². The molecule has 1 amide bonds. The Morgan fingerprint density at radius 2 is 1.79 bits per heavy atom. The van der Waals surface area contributed by atoms with Crippen LogP contribution in [0.2, 0.25) is 0 Å². The van der Waals surface area contributed by atoms with Gasteiger partial charge in [-0.3, -0.25) is 0 Å². The smallest absolute Gasteiger partial charge is 0.410 e. The normalized spacial score (nSPS) is 14.3. The molecule has 0 aliphatic carbocycles. The van der Waals surface area contributed by atoms with E-state index in [1.54, 1.807) is 12.0 Å². The second-order valence-corrected chi connectivity index (χ2v) is 9.44. The molecular weight excluding hydrogens is 428 g/mol. The third-order valence-electron chi connectivity index (χ3n) is 5.79. The fourth-order valence-corrected chi connectivity index (χ4v) is 4.15. The van der Waals surface area contributed by atoms with Gasteiger partial charge in [0, 0.05) is 37.1 Å². The molecule has 0 unspecified atom stereocenters. The number of carbonyl (C=O) groups excluding carboxylic acids is 1. The molecule has 34 heavy (non-hydrogen) atoms. The van der Waals surface area contributed by atoms with Gasteiger partial charge < -0.3 is 19.3 Å². The van der Waals surface area contributed by atoms with Gasteiger partial charge in [-0.05, 0) is 57.5 Å². The third-order valence-corrected chi connectivity index (χ3v) is 5.79. The van der Waals surface area contributed by atoms with E-state index in [9.17, 15) is 4.79 Å². The molecule has 7 heteroatoms. The summed E-state index contributed by atoms with van der Waals surface area (Å²) in [6.07, 6.45) is 1.56. The first-order valence-electron chi connectivity index (χ1n) is 11.5. The molecule has 0 atom stereocenters. The topological polar surface area (TPSA) is 67.8 Å². The van der Waals surface area contributed by atoms with Gasteiger partial charge in [-0.2, -0.15) is 0 Å². The maximum atomic E-state index is 12.4. The van der Waals surface area contributed by atoms with Crippen LogP contribution in [0.5, 0.6) is 5.75 Å². The summed E-state index contributed by atoms with van der Waals surface area (Å²) in [4.78, 5) is 25.7.